The van der Waals surface area contributed by atoms with Gasteiger partial charge in [-0.1, -0.05) is 18.9 Å². The van der Waals surface area contributed by atoms with Crippen molar-refractivity contribution in [3.63, 3.8) is 0 Å². The summed E-state index contributed by atoms with van der Waals surface area (Å²) in [5, 5.41) is 5.71. The molecule has 1 saturated carbocycles. The fourth-order valence-corrected chi connectivity index (χ4v) is 5.05. The zero-order chi connectivity index (χ0) is 18.6. The summed E-state index contributed by atoms with van der Waals surface area (Å²) in [6.07, 6.45) is 5.21. The zero-order valence-corrected chi connectivity index (χ0v) is 15.6. The Balaban J connectivity index is 1.51. The molecule has 26 heavy (non-hydrogen) atoms. The normalized spacial score (nSPS) is 19.5. The first-order chi connectivity index (χ1) is 12.5. The molecule has 0 unspecified atom stereocenters. The van der Waals surface area contributed by atoms with Crippen LogP contribution in [0, 0.1) is 0 Å². The standard InChI is InChI=1S/C18H25N3O4S/c22-17(20-15-6-1-2-7-15)9-10-19-18(23)14-5-3-8-16(13-14)21-11-4-12-26(21,24)25/h3,5,8,13,15H,1-2,4,6-7,9-12H2,(H,19,23)(H,20,22). The number of hydrogen-bond donors (Lipinski definition) is 2. The minimum Gasteiger partial charge on any atom is -0.353 e. The molecule has 2 fully saturated rings. The highest BCUT2D eigenvalue weighted by Crippen LogP contribution is 2.24. The van der Waals surface area contributed by atoms with Crippen molar-refractivity contribution in [2.24, 2.45) is 0 Å². The van der Waals surface area contributed by atoms with E-state index in [-0.39, 0.29) is 36.6 Å². The topological polar surface area (TPSA) is 95.6 Å². The van der Waals surface area contributed by atoms with E-state index in [4.69, 9.17) is 0 Å². The first-order valence-electron chi connectivity index (χ1n) is 9.14. The number of nitrogens with zero attached hydrogens (tertiary/aromatic N) is 1. The summed E-state index contributed by atoms with van der Waals surface area (Å²) in [6.45, 7) is 0.693. The summed E-state index contributed by atoms with van der Waals surface area (Å²) in [7, 11) is -3.27. The third-order valence-corrected chi connectivity index (χ3v) is 6.72. The van der Waals surface area contributed by atoms with Crippen LogP contribution in [-0.2, 0) is 14.8 Å². The van der Waals surface area contributed by atoms with Gasteiger partial charge in [-0.05, 0) is 37.5 Å². The monoisotopic (exact) mass is 379 g/mol. The molecule has 1 heterocycles. The molecule has 0 aromatic heterocycles. The van der Waals surface area contributed by atoms with Crippen LogP contribution < -0.4 is 14.9 Å². The van der Waals surface area contributed by atoms with E-state index < -0.39 is 10.0 Å². The molecule has 0 atom stereocenters. The van der Waals surface area contributed by atoms with Gasteiger partial charge in [0.1, 0.15) is 0 Å². The molecule has 7 nitrogen and oxygen atoms in total. The smallest absolute Gasteiger partial charge is 0.251 e. The van der Waals surface area contributed by atoms with Gasteiger partial charge in [0.05, 0.1) is 11.4 Å². The Bertz CT molecular complexity index is 772. The number of anilines is 1. The van der Waals surface area contributed by atoms with Crippen molar-refractivity contribution in [2.45, 2.75) is 44.6 Å². The van der Waals surface area contributed by atoms with Gasteiger partial charge in [-0.15, -0.1) is 0 Å². The Morgan fingerprint density at radius 3 is 2.62 bits per heavy atom. The number of sulfonamides is 1. The molecule has 2 aliphatic rings. The fourth-order valence-electron chi connectivity index (χ4n) is 3.49. The van der Waals surface area contributed by atoms with Crippen LogP contribution in [0.15, 0.2) is 24.3 Å². The first kappa shape index (κ1) is 18.7. The van der Waals surface area contributed by atoms with Gasteiger partial charge < -0.3 is 10.6 Å². The van der Waals surface area contributed by atoms with Gasteiger partial charge in [-0.3, -0.25) is 13.9 Å². The fraction of sp³-hybridized carbons (Fsp3) is 0.556. The molecular formula is C18H25N3O4S. The van der Waals surface area contributed by atoms with Gasteiger partial charge >= 0.3 is 0 Å². The molecule has 2 N–H and O–H groups in total. The van der Waals surface area contributed by atoms with Gasteiger partial charge in [0.2, 0.25) is 15.9 Å². The number of benzene rings is 1. The Labute approximate surface area is 154 Å². The van der Waals surface area contributed by atoms with Crippen molar-refractivity contribution >= 4 is 27.5 Å². The number of rotatable bonds is 6. The number of hydrogen-bond acceptors (Lipinski definition) is 4. The molecular weight excluding hydrogens is 354 g/mol. The van der Waals surface area contributed by atoms with E-state index >= 15 is 0 Å². The van der Waals surface area contributed by atoms with Crippen molar-refractivity contribution in [1.29, 1.82) is 0 Å². The summed E-state index contributed by atoms with van der Waals surface area (Å²) in [4.78, 5) is 24.2. The van der Waals surface area contributed by atoms with Gasteiger partial charge in [0.15, 0.2) is 0 Å². The van der Waals surface area contributed by atoms with E-state index in [0.717, 1.165) is 25.7 Å². The third kappa shape index (κ3) is 4.55. The van der Waals surface area contributed by atoms with Crippen LogP contribution in [0.25, 0.3) is 0 Å². The maximum absolute atomic E-state index is 12.3. The van der Waals surface area contributed by atoms with Crippen LogP contribution in [0.5, 0.6) is 0 Å². The molecule has 1 aliphatic carbocycles. The van der Waals surface area contributed by atoms with Crippen molar-refractivity contribution in [3.05, 3.63) is 29.8 Å². The number of amides is 2. The second-order valence-corrected chi connectivity index (χ2v) is 8.86. The lowest BCUT2D eigenvalue weighted by Crippen LogP contribution is -2.35. The SMILES string of the molecule is O=C(CCNC(=O)c1cccc(N2CCCS2(=O)=O)c1)NC1CCCC1. The van der Waals surface area contributed by atoms with Crippen LogP contribution in [-0.4, -0.2) is 45.1 Å². The van der Waals surface area contributed by atoms with Crippen molar-refractivity contribution in [3.8, 4) is 0 Å². The predicted molar refractivity (Wildman–Crippen MR) is 99.5 cm³/mol. The minimum absolute atomic E-state index is 0.0471. The highest BCUT2D eigenvalue weighted by Gasteiger charge is 2.28. The Hall–Kier alpha value is -2.09. The number of nitrogens with one attached hydrogen (secondary N) is 2. The van der Waals surface area contributed by atoms with E-state index in [1.54, 1.807) is 24.3 Å². The number of carbonyl (C=O) groups is 2. The maximum atomic E-state index is 12.3. The van der Waals surface area contributed by atoms with Gasteiger partial charge in [0, 0.05) is 31.1 Å². The highest BCUT2D eigenvalue weighted by molar-refractivity contribution is 7.93. The Morgan fingerprint density at radius 2 is 1.92 bits per heavy atom. The van der Waals surface area contributed by atoms with E-state index in [2.05, 4.69) is 10.6 Å². The summed E-state index contributed by atoms with van der Waals surface area (Å²) >= 11 is 0. The lowest BCUT2D eigenvalue weighted by atomic mass is 10.2. The summed E-state index contributed by atoms with van der Waals surface area (Å²) in [5.41, 5.74) is 0.898. The first-order valence-corrected chi connectivity index (χ1v) is 10.7. The quantitative estimate of drug-likeness (QED) is 0.781. The minimum atomic E-state index is -3.27. The Kier molecular flexibility index (Phi) is 5.80. The summed E-state index contributed by atoms with van der Waals surface area (Å²) in [6, 6.07) is 6.86. The molecule has 1 saturated heterocycles. The molecule has 1 aromatic carbocycles. The number of carbonyl (C=O) groups excluding carboxylic acids is 2. The predicted octanol–water partition coefficient (Wildman–Crippen LogP) is 1.41. The lowest BCUT2D eigenvalue weighted by Gasteiger charge is -2.17. The van der Waals surface area contributed by atoms with Gasteiger partial charge in [0.25, 0.3) is 5.91 Å². The van der Waals surface area contributed by atoms with Gasteiger partial charge in [-0.25, -0.2) is 8.42 Å². The molecule has 0 bridgehead atoms. The highest BCUT2D eigenvalue weighted by atomic mass is 32.2. The maximum Gasteiger partial charge on any atom is 0.251 e. The molecule has 8 heteroatoms. The van der Waals surface area contributed by atoms with E-state index in [1.165, 1.54) is 4.31 Å². The van der Waals surface area contributed by atoms with Crippen molar-refractivity contribution in [2.75, 3.05) is 23.1 Å². The molecule has 142 valence electrons. The van der Waals surface area contributed by atoms with Crippen LogP contribution in [0.4, 0.5) is 5.69 Å². The van der Waals surface area contributed by atoms with Crippen molar-refractivity contribution in [1.82, 2.24) is 10.6 Å². The molecule has 3 rings (SSSR count). The summed E-state index contributed by atoms with van der Waals surface area (Å²) < 4.78 is 25.4. The Morgan fingerprint density at radius 1 is 1.15 bits per heavy atom. The molecule has 1 aromatic rings. The van der Waals surface area contributed by atoms with E-state index in [1.807, 2.05) is 0 Å². The average molecular weight is 379 g/mol. The second kappa shape index (κ2) is 8.07. The van der Waals surface area contributed by atoms with Crippen molar-refractivity contribution < 1.29 is 18.0 Å². The van der Waals surface area contributed by atoms with Crippen LogP contribution in [0.3, 0.4) is 0 Å². The molecule has 1 aliphatic heterocycles. The summed E-state index contributed by atoms with van der Waals surface area (Å²) in [5.74, 6) is -0.217. The second-order valence-electron chi connectivity index (χ2n) is 6.85. The van der Waals surface area contributed by atoms with E-state index in [0.29, 0.717) is 24.2 Å². The van der Waals surface area contributed by atoms with Gasteiger partial charge in [-0.2, -0.15) is 0 Å². The molecule has 2 amide bonds. The van der Waals surface area contributed by atoms with Crippen LogP contribution >= 0.6 is 0 Å². The zero-order valence-electron chi connectivity index (χ0n) is 14.7. The third-order valence-electron chi connectivity index (χ3n) is 4.85. The largest absolute Gasteiger partial charge is 0.353 e. The lowest BCUT2D eigenvalue weighted by molar-refractivity contribution is -0.121. The van der Waals surface area contributed by atoms with Crippen LogP contribution in [0.1, 0.15) is 48.9 Å². The molecule has 0 spiro atoms. The van der Waals surface area contributed by atoms with Crippen LogP contribution in [0.2, 0.25) is 0 Å². The van der Waals surface area contributed by atoms with E-state index in [9.17, 15) is 18.0 Å². The average Bonchev–Trinajstić information content (AvgIpc) is 3.23. The molecule has 0 radical (unpaired) electrons.